The summed E-state index contributed by atoms with van der Waals surface area (Å²) in [5.41, 5.74) is 1.31. The lowest BCUT2D eigenvalue weighted by molar-refractivity contribution is 0.425. The van der Waals surface area contributed by atoms with Crippen molar-refractivity contribution in [3.05, 3.63) is 40.6 Å². The van der Waals surface area contributed by atoms with Gasteiger partial charge in [-0.2, -0.15) is 0 Å². The van der Waals surface area contributed by atoms with E-state index in [1.807, 2.05) is 23.9 Å². The number of aromatic nitrogens is 2. The van der Waals surface area contributed by atoms with Gasteiger partial charge in [0.15, 0.2) is 0 Å². The molecule has 0 saturated carbocycles. The number of fused-ring (bicyclic) bond motifs is 1. The summed E-state index contributed by atoms with van der Waals surface area (Å²) in [6.07, 6.45) is 4.98. The van der Waals surface area contributed by atoms with Gasteiger partial charge in [0.2, 0.25) is 0 Å². The first kappa shape index (κ1) is 9.12. The summed E-state index contributed by atoms with van der Waals surface area (Å²) in [6, 6.07) is 4.74. The van der Waals surface area contributed by atoms with Gasteiger partial charge in [0, 0.05) is 30.6 Å². The van der Waals surface area contributed by atoms with E-state index in [1.54, 1.807) is 0 Å². The van der Waals surface area contributed by atoms with Crippen molar-refractivity contribution in [2.24, 2.45) is 0 Å². The molecule has 1 atom stereocenters. The van der Waals surface area contributed by atoms with Crippen molar-refractivity contribution in [1.29, 1.82) is 0 Å². The minimum Gasteiger partial charge on any atom is -0.332 e. The van der Waals surface area contributed by atoms with Crippen molar-refractivity contribution < 1.29 is 0 Å². The third-order valence-electron chi connectivity index (χ3n) is 2.83. The van der Waals surface area contributed by atoms with E-state index in [1.165, 1.54) is 10.6 Å². The summed E-state index contributed by atoms with van der Waals surface area (Å²) in [5.74, 6) is 0. The predicted octanol–water partition coefficient (Wildman–Crippen LogP) is 1.83. The maximum Gasteiger partial charge on any atom is 0.0949 e. The molecule has 0 amide bonds. The van der Waals surface area contributed by atoms with Crippen molar-refractivity contribution in [2.75, 3.05) is 6.54 Å². The summed E-state index contributed by atoms with van der Waals surface area (Å²) in [4.78, 5) is 5.64. The molecular weight excluding hydrogens is 206 g/mol. The third-order valence-corrected chi connectivity index (χ3v) is 3.73. The largest absolute Gasteiger partial charge is 0.332 e. The van der Waals surface area contributed by atoms with E-state index in [0.717, 1.165) is 19.5 Å². The molecule has 3 rings (SSSR count). The Kier molecular flexibility index (Phi) is 2.31. The molecule has 4 heteroatoms. The molecule has 0 saturated heterocycles. The zero-order valence-corrected chi connectivity index (χ0v) is 9.20. The number of hydrogen-bond donors (Lipinski definition) is 1. The zero-order valence-electron chi connectivity index (χ0n) is 8.39. The second-order valence-electron chi connectivity index (χ2n) is 3.80. The Balaban J connectivity index is 1.84. The van der Waals surface area contributed by atoms with Crippen molar-refractivity contribution in [2.45, 2.75) is 19.0 Å². The fourth-order valence-corrected chi connectivity index (χ4v) is 2.83. The first-order valence-electron chi connectivity index (χ1n) is 5.19. The van der Waals surface area contributed by atoms with Crippen LogP contribution in [0.25, 0.3) is 0 Å². The van der Waals surface area contributed by atoms with E-state index < -0.39 is 0 Å². The summed E-state index contributed by atoms with van der Waals surface area (Å²) >= 11 is 1.82. The lowest BCUT2D eigenvalue weighted by atomic mass is 10.1. The van der Waals surface area contributed by atoms with Crippen LogP contribution in [0, 0.1) is 0 Å². The van der Waals surface area contributed by atoms with Crippen LogP contribution in [-0.2, 0) is 13.0 Å². The van der Waals surface area contributed by atoms with Crippen LogP contribution in [0.5, 0.6) is 0 Å². The Bertz CT molecular complexity index is 432. The molecule has 78 valence electrons. The predicted molar refractivity (Wildman–Crippen MR) is 61.0 cm³/mol. The molecule has 0 radical (unpaired) electrons. The Hall–Kier alpha value is -1.13. The van der Waals surface area contributed by atoms with Gasteiger partial charge >= 0.3 is 0 Å². The second-order valence-corrected chi connectivity index (χ2v) is 4.83. The van der Waals surface area contributed by atoms with E-state index in [4.69, 9.17) is 0 Å². The minimum atomic E-state index is 0.430. The maximum absolute atomic E-state index is 4.21. The molecule has 1 unspecified atom stereocenters. The molecule has 2 aromatic rings. The van der Waals surface area contributed by atoms with Gasteiger partial charge < -0.3 is 9.88 Å². The molecule has 1 aliphatic rings. The summed E-state index contributed by atoms with van der Waals surface area (Å²) in [7, 11) is 0. The SMILES string of the molecule is c1csc(CC2NCCn3cncc32)c1. The average molecular weight is 219 g/mol. The van der Waals surface area contributed by atoms with Gasteiger partial charge in [-0.25, -0.2) is 4.98 Å². The number of nitrogens with zero attached hydrogens (tertiary/aromatic N) is 2. The van der Waals surface area contributed by atoms with Crippen molar-refractivity contribution >= 4 is 11.3 Å². The van der Waals surface area contributed by atoms with Gasteiger partial charge in [0.25, 0.3) is 0 Å². The number of imidazole rings is 1. The molecule has 3 nitrogen and oxygen atoms in total. The molecule has 2 aromatic heterocycles. The monoisotopic (exact) mass is 219 g/mol. The van der Waals surface area contributed by atoms with Crippen molar-refractivity contribution in [1.82, 2.24) is 14.9 Å². The average Bonchev–Trinajstić information content (AvgIpc) is 2.87. The molecule has 1 aliphatic heterocycles. The molecule has 0 spiro atoms. The van der Waals surface area contributed by atoms with Gasteiger partial charge in [0.1, 0.15) is 0 Å². The van der Waals surface area contributed by atoms with Crippen molar-refractivity contribution in [3.8, 4) is 0 Å². The van der Waals surface area contributed by atoms with E-state index in [0.29, 0.717) is 6.04 Å². The molecule has 0 aliphatic carbocycles. The van der Waals surface area contributed by atoms with E-state index in [2.05, 4.69) is 32.4 Å². The van der Waals surface area contributed by atoms with E-state index in [9.17, 15) is 0 Å². The normalized spacial score (nSPS) is 20.1. The summed E-state index contributed by atoms with van der Waals surface area (Å²) in [5, 5.41) is 5.68. The highest BCUT2D eigenvalue weighted by Crippen LogP contribution is 2.23. The van der Waals surface area contributed by atoms with E-state index in [-0.39, 0.29) is 0 Å². The molecule has 0 aromatic carbocycles. The van der Waals surface area contributed by atoms with Gasteiger partial charge in [-0.05, 0) is 11.4 Å². The van der Waals surface area contributed by atoms with Gasteiger partial charge in [-0.3, -0.25) is 0 Å². The quantitative estimate of drug-likeness (QED) is 0.835. The molecule has 3 heterocycles. The van der Waals surface area contributed by atoms with Crippen LogP contribution in [0.3, 0.4) is 0 Å². The minimum absolute atomic E-state index is 0.430. The van der Waals surface area contributed by atoms with Crippen LogP contribution in [0.15, 0.2) is 30.0 Å². The maximum atomic E-state index is 4.21. The molecule has 15 heavy (non-hydrogen) atoms. The number of hydrogen-bond acceptors (Lipinski definition) is 3. The molecule has 1 N–H and O–H groups in total. The van der Waals surface area contributed by atoms with Gasteiger partial charge in [-0.1, -0.05) is 6.07 Å². The second kappa shape index (κ2) is 3.79. The molecule has 0 bridgehead atoms. The van der Waals surface area contributed by atoms with Crippen molar-refractivity contribution in [3.63, 3.8) is 0 Å². The number of rotatable bonds is 2. The first-order chi connectivity index (χ1) is 7.43. The lowest BCUT2D eigenvalue weighted by Gasteiger charge is -2.25. The lowest BCUT2D eigenvalue weighted by Crippen LogP contribution is -2.33. The Morgan fingerprint density at radius 1 is 1.60 bits per heavy atom. The Morgan fingerprint density at radius 2 is 2.60 bits per heavy atom. The number of nitrogens with one attached hydrogen (secondary N) is 1. The third kappa shape index (κ3) is 1.70. The fraction of sp³-hybridized carbons (Fsp3) is 0.364. The Labute approximate surface area is 92.8 Å². The van der Waals surface area contributed by atoms with Crippen LogP contribution in [0.4, 0.5) is 0 Å². The van der Waals surface area contributed by atoms with Crippen LogP contribution in [0.2, 0.25) is 0 Å². The standard InChI is InChI=1S/C11H13N3S/c1-2-9(15-5-1)6-10-11-7-12-8-14(11)4-3-13-10/h1-2,5,7-8,10,13H,3-4,6H2. The highest BCUT2D eigenvalue weighted by molar-refractivity contribution is 7.09. The van der Waals surface area contributed by atoms with Crippen LogP contribution in [0.1, 0.15) is 16.6 Å². The highest BCUT2D eigenvalue weighted by atomic mass is 32.1. The highest BCUT2D eigenvalue weighted by Gasteiger charge is 2.20. The summed E-state index contributed by atoms with van der Waals surface area (Å²) < 4.78 is 2.24. The van der Waals surface area contributed by atoms with E-state index >= 15 is 0 Å². The molecule has 0 fully saturated rings. The summed E-state index contributed by atoms with van der Waals surface area (Å²) in [6.45, 7) is 2.08. The Morgan fingerprint density at radius 3 is 3.47 bits per heavy atom. The van der Waals surface area contributed by atoms with Crippen LogP contribution in [-0.4, -0.2) is 16.1 Å². The zero-order chi connectivity index (χ0) is 10.1. The van der Waals surface area contributed by atoms with Gasteiger partial charge in [0.05, 0.1) is 18.1 Å². The fourth-order valence-electron chi connectivity index (χ4n) is 2.08. The topological polar surface area (TPSA) is 29.9 Å². The first-order valence-corrected chi connectivity index (χ1v) is 6.07. The van der Waals surface area contributed by atoms with Crippen LogP contribution >= 0.6 is 11.3 Å². The molecular formula is C11H13N3S. The smallest absolute Gasteiger partial charge is 0.0949 e. The number of thiophene rings is 1. The van der Waals surface area contributed by atoms with Crippen LogP contribution < -0.4 is 5.32 Å². The van der Waals surface area contributed by atoms with Gasteiger partial charge in [-0.15, -0.1) is 11.3 Å².